The van der Waals surface area contributed by atoms with Crippen molar-refractivity contribution in [1.82, 2.24) is 10.6 Å². The van der Waals surface area contributed by atoms with Crippen LogP contribution in [0.2, 0.25) is 0 Å². The van der Waals surface area contributed by atoms with Crippen molar-refractivity contribution in [2.45, 2.75) is 19.9 Å². The molecule has 1 atom stereocenters. The fraction of sp³-hybridized carbons (Fsp3) is 0.308. The summed E-state index contributed by atoms with van der Waals surface area (Å²) in [5, 5.41) is 13.3. The maximum Gasteiger partial charge on any atom is 0.325 e. The number of hydrogen-bond acceptors (Lipinski definition) is 3. The minimum Gasteiger partial charge on any atom is -0.480 e. The van der Waals surface area contributed by atoms with Crippen LogP contribution in [0.4, 0.5) is 0 Å². The van der Waals surface area contributed by atoms with Gasteiger partial charge in [0, 0.05) is 5.56 Å². The van der Waals surface area contributed by atoms with Gasteiger partial charge in [-0.2, -0.15) is 0 Å². The van der Waals surface area contributed by atoms with Crippen LogP contribution in [-0.2, 0) is 9.59 Å². The number of nitrogens with one attached hydrogen (secondary N) is 2. The molecule has 0 aliphatic carbocycles. The van der Waals surface area contributed by atoms with E-state index in [1.165, 1.54) is 6.92 Å². The summed E-state index contributed by atoms with van der Waals surface area (Å²) >= 11 is 0. The Balaban J connectivity index is 2.46. The van der Waals surface area contributed by atoms with Crippen molar-refractivity contribution < 1.29 is 19.5 Å². The molecule has 19 heavy (non-hydrogen) atoms. The topological polar surface area (TPSA) is 95.5 Å². The third-order valence-corrected chi connectivity index (χ3v) is 2.44. The first-order chi connectivity index (χ1) is 8.90. The fourth-order valence-corrected chi connectivity index (χ4v) is 1.40. The molecule has 102 valence electrons. The van der Waals surface area contributed by atoms with Crippen molar-refractivity contribution in [3.05, 3.63) is 35.4 Å². The molecule has 0 bridgehead atoms. The molecule has 0 spiro atoms. The van der Waals surface area contributed by atoms with Gasteiger partial charge >= 0.3 is 5.97 Å². The van der Waals surface area contributed by atoms with E-state index in [9.17, 15) is 14.4 Å². The zero-order valence-corrected chi connectivity index (χ0v) is 10.8. The molecule has 1 aromatic carbocycles. The minimum absolute atomic E-state index is 0.260. The molecule has 6 heteroatoms. The highest BCUT2D eigenvalue weighted by Gasteiger charge is 2.14. The highest BCUT2D eigenvalue weighted by atomic mass is 16.4. The van der Waals surface area contributed by atoms with E-state index in [1.807, 2.05) is 13.0 Å². The predicted octanol–water partition coefficient (Wildman–Crippen LogP) is 0.314. The summed E-state index contributed by atoms with van der Waals surface area (Å²) < 4.78 is 0. The van der Waals surface area contributed by atoms with Crippen molar-refractivity contribution in [3.8, 4) is 0 Å². The molecule has 0 saturated heterocycles. The Morgan fingerprint density at radius 1 is 1.32 bits per heavy atom. The Morgan fingerprint density at radius 2 is 2.00 bits per heavy atom. The lowest BCUT2D eigenvalue weighted by Gasteiger charge is -2.10. The Morgan fingerprint density at radius 3 is 2.58 bits per heavy atom. The van der Waals surface area contributed by atoms with E-state index < -0.39 is 17.9 Å². The first-order valence-electron chi connectivity index (χ1n) is 5.77. The summed E-state index contributed by atoms with van der Waals surface area (Å²) in [7, 11) is 0. The zero-order valence-electron chi connectivity index (χ0n) is 10.8. The predicted molar refractivity (Wildman–Crippen MR) is 68.8 cm³/mol. The minimum atomic E-state index is -1.13. The van der Waals surface area contributed by atoms with Gasteiger partial charge in [0.1, 0.15) is 6.04 Å². The Hall–Kier alpha value is -2.37. The number of carbonyl (C=O) groups is 3. The van der Waals surface area contributed by atoms with Gasteiger partial charge < -0.3 is 15.7 Å². The van der Waals surface area contributed by atoms with Gasteiger partial charge in [-0.1, -0.05) is 17.7 Å². The second-order valence-electron chi connectivity index (χ2n) is 4.18. The van der Waals surface area contributed by atoms with Gasteiger partial charge in [-0.05, 0) is 26.0 Å². The van der Waals surface area contributed by atoms with Gasteiger partial charge in [0.25, 0.3) is 5.91 Å². The van der Waals surface area contributed by atoms with Crippen LogP contribution < -0.4 is 10.6 Å². The average molecular weight is 264 g/mol. The lowest BCUT2D eigenvalue weighted by atomic mass is 10.1. The number of carboxylic acid groups (broad SMARTS) is 1. The Kier molecular flexibility index (Phi) is 5.05. The standard InChI is InChI=1S/C13H16N2O4/c1-8-4-3-5-10(6-8)12(17)14-7-11(16)15-9(2)13(18)19/h3-6,9H,7H2,1-2H3,(H,14,17)(H,15,16)(H,18,19)/t9-/m0/s1. The summed E-state index contributed by atoms with van der Waals surface area (Å²) in [5.74, 6) is -2.05. The highest BCUT2D eigenvalue weighted by molar-refractivity contribution is 5.96. The normalized spacial score (nSPS) is 11.5. The van der Waals surface area contributed by atoms with Crippen molar-refractivity contribution in [1.29, 1.82) is 0 Å². The number of aliphatic carboxylic acids is 1. The van der Waals surface area contributed by atoms with Gasteiger partial charge in [-0.3, -0.25) is 14.4 Å². The van der Waals surface area contributed by atoms with Crippen molar-refractivity contribution in [2.75, 3.05) is 6.54 Å². The first kappa shape index (κ1) is 14.7. The number of hydrogen-bond donors (Lipinski definition) is 3. The van der Waals surface area contributed by atoms with Crippen LogP contribution in [0.25, 0.3) is 0 Å². The first-order valence-corrected chi connectivity index (χ1v) is 5.77. The summed E-state index contributed by atoms with van der Waals surface area (Å²) in [6.45, 7) is 2.95. The van der Waals surface area contributed by atoms with E-state index in [0.29, 0.717) is 5.56 Å². The molecule has 0 unspecified atom stereocenters. The van der Waals surface area contributed by atoms with E-state index >= 15 is 0 Å². The maximum absolute atomic E-state index is 11.7. The van der Waals surface area contributed by atoms with Gasteiger partial charge in [0.15, 0.2) is 0 Å². The monoisotopic (exact) mass is 264 g/mol. The van der Waals surface area contributed by atoms with Crippen molar-refractivity contribution in [3.63, 3.8) is 0 Å². The number of benzene rings is 1. The maximum atomic E-state index is 11.7. The van der Waals surface area contributed by atoms with Crippen LogP contribution in [0.15, 0.2) is 24.3 Å². The number of rotatable bonds is 5. The number of carbonyl (C=O) groups excluding carboxylic acids is 2. The number of carboxylic acids is 1. The second kappa shape index (κ2) is 6.53. The molecule has 0 aliphatic heterocycles. The van der Waals surface area contributed by atoms with E-state index in [4.69, 9.17) is 5.11 Å². The second-order valence-corrected chi connectivity index (χ2v) is 4.18. The van der Waals surface area contributed by atoms with E-state index in [0.717, 1.165) is 5.56 Å². The summed E-state index contributed by atoms with van der Waals surface area (Å²) in [4.78, 5) is 33.6. The number of aryl methyl sites for hydroxylation is 1. The molecule has 1 aromatic rings. The molecule has 0 fully saturated rings. The van der Waals surface area contributed by atoms with Gasteiger partial charge in [-0.15, -0.1) is 0 Å². The fourth-order valence-electron chi connectivity index (χ4n) is 1.40. The largest absolute Gasteiger partial charge is 0.480 e. The van der Waals surface area contributed by atoms with Crippen LogP contribution in [0.3, 0.4) is 0 Å². The lowest BCUT2D eigenvalue weighted by Crippen LogP contribution is -2.44. The molecule has 6 nitrogen and oxygen atoms in total. The van der Waals surface area contributed by atoms with Crippen LogP contribution in [0.1, 0.15) is 22.8 Å². The van der Waals surface area contributed by atoms with Crippen LogP contribution in [-0.4, -0.2) is 35.5 Å². The third-order valence-electron chi connectivity index (χ3n) is 2.44. The van der Waals surface area contributed by atoms with Crippen LogP contribution in [0, 0.1) is 6.92 Å². The van der Waals surface area contributed by atoms with Crippen LogP contribution >= 0.6 is 0 Å². The molecule has 0 radical (unpaired) electrons. The highest BCUT2D eigenvalue weighted by Crippen LogP contribution is 2.03. The molecule has 0 saturated carbocycles. The van der Waals surface area contributed by atoms with Crippen molar-refractivity contribution in [2.24, 2.45) is 0 Å². The molecular weight excluding hydrogens is 248 g/mol. The van der Waals surface area contributed by atoms with Crippen molar-refractivity contribution >= 4 is 17.8 Å². The van der Waals surface area contributed by atoms with Gasteiger partial charge in [-0.25, -0.2) is 0 Å². The van der Waals surface area contributed by atoms with Gasteiger partial charge in [0.05, 0.1) is 6.54 Å². The third kappa shape index (κ3) is 4.79. The van der Waals surface area contributed by atoms with E-state index in [1.54, 1.807) is 18.2 Å². The molecular formula is C13H16N2O4. The molecule has 3 N–H and O–H groups in total. The van der Waals surface area contributed by atoms with E-state index in [-0.39, 0.29) is 12.5 Å². The molecule has 0 aromatic heterocycles. The van der Waals surface area contributed by atoms with E-state index in [2.05, 4.69) is 10.6 Å². The molecule has 1 rings (SSSR count). The number of amides is 2. The van der Waals surface area contributed by atoms with Crippen LogP contribution in [0.5, 0.6) is 0 Å². The molecule has 2 amide bonds. The smallest absolute Gasteiger partial charge is 0.325 e. The molecule has 0 aliphatic rings. The summed E-state index contributed by atoms with van der Waals surface area (Å²) in [6, 6.07) is 5.96. The SMILES string of the molecule is Cc1cccc(C(=O)NCC(=O)N[C@@H](C)C(=O)O)c1. The zero-order chi connectivity index (χ0) is 14.4. The molecule has 0 heterocycles. The quantitative estimate of drug-likeness (QED) is 0.713. The Labute approximate surface area is 110 Å². The Bertz CT molecular complexity index is 499. The lowest BCUT2D eigenvalue weighted by molar-refractivity contribution is -0.141. The average Bonchev–Trinajstić information content (AvgIpc) is 2.35. The van der Waals surface area contributed by atoms with Gasteiger partial charge in [0.2, 0.25) is 5.91 Å². The summed E-state index contributed by atoms with van der Waals surface area (Å²) in [5.41, 5.74) is 1.40. The summed E-state index contributed by atoms with van der Waals surface area (Å²) in [6.07, 6.45) is 0.